The summed E-state index contributed by atoms with van der Waals surface area (Å²) in [5.74, 6) is 1.32. The topological polar surface area (TPSA) is 75.9 Å². The van der Waals surface area contributed by atoms with E-state index in [1.807, 2.05) is 11.6 Å². The standard InChI is InChI=1S/C18H24N6O/c1-13-17(20-7-6-19-13)23-8-9-24-16(12-23)10-15(22-24)11-21-18(25)14-4-2-3-5-14/h6-7,10,14H,2-5,8-9,11-12H2,1H3,(H,21,25). The zero-order valence-corrected chi connectivity index (χ0v) is 14.6. The number of hydrogen-bond donors (Lipinski definition) is 1. The Morgan fingerprint density at radius 3 is 2.84 bits per heavy atom. The number of aromatic nitrogens is 4. The van der Waals surface area contributed by atoms with E-state index < -0.39 is 0 Å². The van der Waals surface area contributed by atoms with Crippen LogP contribution in [0.15, 0.2) is 18.5 Å². The van der Waals surface area contributed by atoms with E-state index in [0.717, 1.165) is 55.4 Å². The molecule has 0 atom stereocenters. The third-order valence-corrected chi connectivity index (χ3v) is 5.17. The van der Waals surface area contributed by atoms with Crippen LogP contribution in [0.5, 0.6) is 0 Å². The Hall–Kier alpha value is -2.44. The molecule has 0 radical (unpaired) electrons. The first kappa shape index (κ1) is 16.1. The SMILES string of the molecule is Cc1nccnc1N1CCn2nc(CNC(=O)C3CCCC3)cc2C1. The predicted molar refractivity (Wildman–Crippen MR) is 93.9 cm³/mol. The van der Waals surface area contributed by atoms with Crippen molar-refractivity contribution in [1.82, 2.24) is 25.1 Å². The summed E-state index contributed by atoms with van der Waals surface area (Å²) in [6, 6.07) is 2.09. The molecule has 1 amide bonds. The van der Waals surface area contributed by atoms with Crippen LogP contribution in [0.3, 0.4) is 0 Å². The Bertz CT molecular complexity index is 765. The smallest absolute Gasteiger partial charge is 0.223 e. The molecule has 1 fully saturated rings. The maximum atomic E-state index is 12.2. The molecule has 0 saturated heterocycles. The van der Waals surface area contributed by atoms with E-state index >= 15 is 0 Å². The molecule has 1 aliphatic carbocycles. The first-order valence-corrected chi connectivity index (χ1v) is 9.06. The number of carbonyl (C=O) groups excluding carboxylic acids is 1. The van der Waals surface area contributed by atoms with Crippen LogP contribution >= 0.6 is 0 Å². The Kier molecular flexibility index (Phi) is 4.38. The van der Waals surface area contributed by atoms with E-state index in [2.05, 4.69) is 31.3 Å². The molecule has 0 aromatic carbocycles. The second kappa shape index (κ2) is 6.82. The highest BCUT2D eigenvalue weighted by Gasteiger charge is 2.24. The molecule has 25 heavy (non-hydrogen) atoms. The first-order valence-electron chi connectivity index (χ1n) is 9.06. The van der Waals surface area contributed by atoms with E-state index in [1.54, 1.807) is 12.4 Å². The zero-order valence-electron chi connectivity index (χ0n) is 14.6. The summed E-state index contributed by atoms with van der Waals surface area (Å²) < 4.78 is 2.04. The fourth-order valence-corrected chi connectivity index (χ4v) is 3.81. The van der Waals surface area contributed by atoms with Crippen LogP contribution in [0.2, 0.25) is 0 Å². The van der Waals surface area contributed by atoms with Gasteiger partial charge in [0.05, 0.1) is 36.7 Å². The monoisotopic (exact) mass is 340 g/mol. The third-order valence-electron chi connectivity index (χ3n) is 5.17. The van der Waals surface area contributed by atoms with E-state index in [0.29, 0.717) is 6.54 Å². The fraction of sp³-hybridized carbons (Fsp3) is 0.556. The Morgan fingerprint density at radius 1 is 1.24 bits per heavy atom. The average Bonchev–Trinajstić information content (AvgIpc) is 3.29. The summed E-state index contributed by atoms with van der Waals surface area (Å²) in [5.41, 5.74) is 3.03. The van der Waals surface area contributed by atoms with Gasteiger partial charge in [0.2, 0.25) is 5.91 Å². The minimum Gasteiger partial charge on any atom is -0.350 e. The molecule has 1 N–H and O–H groups in total. The van der Waals surface area contributed by atoms with Crippen LogP contribution in [-0.4, -0.2) is 32.2 Å². The molecule has 7 heteroatoms. The number of nitrogens with one attached hydrogen (secondary N) is 1. The number of aryl methyl sites for hydroxylation is 1. The highest BCUT2D eigenvalue weighted by atomic mass is 16.1. The maximum Gasteiger partial charge on any atom is 0.223 e. The van der Waals surface area contributed by atoms with Crippen molar-refractivity contribution in [2.45, 2.75) is 52.2 Å². The summed E-state index contributed by atoms with van der Waals surface area (Å²) in [7, 11) is 0. The van der Waals surface area contributed by atoms with Gasteiger partial charge in [-0.15, -0.1) is 0 Å². The summed E-state index contributed by atoms with van der Waals surface area (Å²) in [6.45, 7) is 4.95. The third kappa shape index (κ3) is 3.36. The van der Waals surface area contributed by atoms with E-state index in [-0.39, 0.29) is 11.8 Å². The van der Waals surface area contributed by atoms with Gasteiger partial charge in [-0.2, -0.15) is 5.10 Å². The van der Waals surface area contributed by atoms with Crippen molar-refractivity contribution < 1.29 is 4.79 Å². The molecule has 132 valence electrons. The highest BCUT2D eigenvalue weighted by molar-refractivity contribution is 5.78. The molecular formula is C18H24N6O. The van der Waals surface area contributed by atoms with Crippen molar-refractivity contribution in [3.8, 4) is 0 Å². The van der Waals surface area contributed by atoms with E-state index in [4.69, 9.17) is 0 Å². The zero-order chi connectivity index (χ0) is 17.2. The molecule has 0 unspecified atom stereocenters. The minimum absolute atomic E-state index is 0.181. The second-order valence-electron chi connectivity index (χ2n) is 6.94. The van der Waals surface area contributed by atoms with Crippen LogP contribution in [0, 0.1) is 12.8 Å². The molecule has 4 rings (SSSR count). The predicted octanol–water partition coefficient (Wildman–Crippen LogP) is 1.81. The number of fused-ring (bicyclic) bond motifs is 1. The average molecular weight is 340 g/mol. The lowest BCUT2D eigenvalue weighted by Gasteiger charge is -2.29. The van der Waals surface area contributed by atoms with Crippen molar-refractivity contribution >= 4 is 11.7 Å². The van der Waals surface area contributed by atoms with E-state index in [1.165, 1.54) is 12.8 Å². The molecular weight excluding hydrogens is 316 g/mol. The fourth-order valence-electron chi connectivity index (χ4n) is 3.81. The van der Waals surface area contributed by atoms with Gasteiger partial charge in [0.25, 0.3) is 0 Å². The molecule has 2 aliphatic rings. The number of carbonyl (C=O) groups is 1. The molecule has 1 saturated carbocycles. The lowest BCUT2D eigenvalue weighted by atomic mass is 10.1. The summed E-state index contributed by atoms with van der Waals surface area (Å²) in [6.07, 6.45) is 7.86. The second-order valence-corrected chi connectivity index (χ2v) is 6.94. The quantitative estimate of drug-likeness (QED) is 0.919. The van der Waals surface area contributed by atoms with Gasteiger partial charge in [-0.1, -0.05) is 12.8 Å². The van der Waals surface area contributed by atoms with Gasteiger partial charge in [-0.3, -0.25) is 14.5 Å². The van der Waals surface area contributed by atoms with Crippen molar-refractivity contribution in [2.75, 3.05) is 11.4 Å². The molecule has 0 spiro atoms. The number of anilines is 1. The molecule has 2 aromatic heterocycles. The molecule has 7 nitrogen and oxygen atoms in total. The number of amides is 1. The first-order chi connectivity index (χ1) is 12.2. The van der Waals surface area contributed by atoms with Crippen molar-refractivity contribution in [2.24, 2.45) is 5.92 Å². The molecule has 0 bridgehead atoms. The van der Waals surface area contributed by atoms with Gasteiger partial charge in [0.15, 0.2) is 0 Å². The Labute approximate surface area is 147 Å². The Balaban J connectivity index is 1.40. The van der Waals surface area contributed by atoms with Gasteiger partial charge in [-0.25, -0.2) is 4.98 Å². The van der Waals surface area contributed by atoms with Gasteiger partial charge >= 0.3 is 0 Å². The number of rotatable bonds is 4. The van der Waals surface area contributed by atoms with Gasteiger partial charge in [0, 0.05) is 24.9 Å². The summed E-state index contributed by atoms with van der Waals surface area (Å²) in [4.78, 5) is 23.2. The summed E-state index contributed by atoms with van der Waals surface area (Å²) in [5, 5.41) is 7.69. The molecule has 3 heterocycles. The maximum absolute atomic E-state index is 12.2. The number of hydrogen-bond acceptors (Lipinski definition) is 5. The van der Waals surface area contributed by atoms with E-state index in [9.17, 15) is 4.79 Å². The largest absolute Gasteiger partial charge is 0.350 e. The van der Waals surface area contributed by atoms with Crippen LogP contribution in [0.25, 0.3) is 0 Å². The van der Waals surface area contributed by atoms with Crippen LogP contribution < -0.4 is 10.2 Å². The summed E-state index contributed by atoms with van der Waals surface area (Å²) >= 11 is 0. The minimum atomic E-state index is 0.181. The van der Waals surface area contributed by atoms with Gasteiger partial charge < -0.3 is 10.2 Å². The Morgan fingerprint density at radius 2 is 2.04 bits per heavy atom. The lowest BCUT2D eigenvalue weighted by Crippen LogP contribution is -2.35. The van der Waals surface area contributed by atoms with Crippen molar-refractivity contribution in [3.05, 3.63) is 35.5 Å². The van der Waals surface area contributed by atoms with Crippen LogP contribution in [-0.2, 0) is 24.4 Å². The number of nitrogens with zero attached hydrogens (tertiary/aromatic N) is 5. The highest BCUT2D eigenvalue weighted by Crippen LogP contribution is 2.25. The van der Waals surface area contributed by atoms with Gasteiger partial charge in [0.1, 0.15) is 5.82 Å². The van der Waals surface area contributed by atoms with Crippen LogP contribution in [0.4, 0.5) is 5.82 Å². The van der Waals surface area contributed by atoms with Crippen molar-refractivity contribution in [1.29, 1.82) is 0 Å². The van der Waals surface area contributed by atoms with Crippen molar-refractivity contribution in [3.63, 3.8) is 0 Å². The van der Waals surface area contributed by atoms with Gasteiger partial charge in [-0.05, 0) is 25.8 Å². The molecule has 2 aromatic rings. The lowest BCUT2D eigenvalue weighted by molar-refractivity contribution is -0.124. The molecule has 1 aliphatic heterocycles. The normalized spacial score (nSPS) is 17.6. The van der Waals surface area contributed by atoms with Crippen LogP contribution in [0.1, 0.15) is 42.8 Å².